The van der Waals surface area contributed by atoms with Gasteiger partial charge in [0.05, 0.1) is 0 Å². The first-order chi connectivity index (χ1) is 8.56. The molecule has 2 aromatic carbocycles. The van der Waals surface area contributed by atoms with Crippen molar-refractivity contribution in [1.29, 1.82) is 0 Å². The second kappa shape index (κ2) is 5.23. The van der Waals surface area contributed by atoms with Crippen LogP contribution in [-0.4, -0.2) is 11.0 Å². The van der Waals surface area contributed by atoms with Gasteiger partial charge in [0.2, 0.25) is 0 Å². The SMILES string of the molecule is Cc1cc(C(=O)Nc2cccc(O)c2)ccc1Br. The van der Waals surface area contributed by atoms with E-state index in [2.05, 4.69) is 21.2 Å². The van der Waals surface area contributed by atoms with E-state index < -0.39 is 0 Å². The molecule has 0 atom stereocenters. The number of amides is 1. The Kier molecular flexibility index (Phi) is 3.67. The molecule has 2 rings (SSSR count). The summed E-state index contributed by atoms with van der Waals surface area (Å²) in [5.41, 5.74) is 2.15. The minimum atomic E-state index is -0.198. The Bertz CT molecular complexity index is 596. The van der Waals surface area contributed by atoms with Crippen molar-refractivity contribution in [1.82, 2.24) is 0 Å². The fourth-order valence-corrected chi connectivity index (χ4v) is 1.82. The maximum atomic E-state index is 12.0. The summed E-state index contributed by atoms with van der Waals surface area (Å²) >= 11 is 3.39. The summed E-state index contributed by atoms with van der Waals surface area (Å²) in [6.45, 7) is 1.93. The number of phenolic OH excluding ortho intramolecular Hbond substituents is 1. The number of carbonyl (C=O) groups excluding carboxylic acids is 1. The first-order valence-electron chi connectivity index (χ1n) is 5.43. The highest BCUT2D eigenvalue weighted by molar-refractivity contribution is 9.10. The van der Waals surface area contributed by atoms with Crippen LogP contribution in [0.4, 0.5) is 5.69 Å². The standard InChI is InChI=1S/C14H12BrNO2/c1-9-7-10(5-6-13(9)15)14(18)16-11-3-2-4-12(17)8-11/h2-8,17H,1H3,(H,16,18). The fraction of sp³-hybridized carbons (Fsp3) is 0.0714. The predicted octanol–water partition coefficient (Wildman–Crippen LogP) is 3.72. The van der Waals surface area contributed by atoms with Crippen LogP contribution in [0.25, 0.3) is 0 Å². The molecular weight excluding hydrogens is 294 g/mol. The molecule has 2 N–H and O–H groups in total. The minimum absolute atomic E-state index is 0.125. The third kappa shape index (κ3) is 2.90. The van der Waals surface area contributed by atoms with Gasteiger partial charge in [-0.3, -0.25) is 4.79 Å². The number of carbonyl (C=O) groups is 1. The molecule has 0 radical (unpaired) electrons. The predicted molar refractivity (Wildman–Crippen MR) is 74.9 cm³/mol. The van der Waals surface area contributed by atoms with Gasteiger partial charge in [-0.05, 0) is 42.8 Å². The monoisotopic (exact) mass is 305 g/mol. The molecule has 92 valence electrons. The Hall–Kier alpha value is -1.81. The van der Waals surface area contributed by atoms with E-state index in [1.165, 1.54) is 6.07 Å². The Labute approximate surface area is 114 Å². The summed E-state index contributed by atoms with van der Waals surface area (Å²) in [7, 11) is 0. The molecule has 0 fully saturated rings. The number of aryl methyl sites for hydroxylation is 1. The van der Waals surface area contributed by atoms with Gasteiger partial charge in [-0.2, -0.15) is 0 Å². The maximum absolute atomic E-state index is 12.0. The summed E-state index contributed by atoms with van der Waals surface area (Å²) in [6, 6.07) is 11.9. The van der Waals surface area contributed by atoms with Crippen LogP contribution in [0.2, 0.25) is 0 Å². The smallest absolute Gasteiger partial charge is 0.255 e. The lowest BCUT2D eigenvalue weighted by molar-refractivity contribution is 0.102. The fourth-order valence-electron chi connectivity index (χ4n) is 1.57. The maximum Gasteiger partial charge on any atom is 0.255 e. The summed E-state index contributed by atoms with van der Waals surface area (Å²) in [6.07, 6.45) is 0. The van der Waals surface area contributed by atoms with E-state index in [1.807, 2.05) is 19.1 Å². The van der Waals surface area contributed by atoms with Crippen LogP contribution < -0.4 is 5.32 Å². The molecule has 1 amide bonds. The van der Waals surface area contributed by atoms with Crippen LogP contribution in [0.15, 0.2) is 46.9 Å². The molecule has 0 spiro atoms. The Morgan fingerprint density at radius 3 is 2.67 bits per heavy atom. The molecule has 4 heteroatoms. The average molecular weight is 306 g/mol. The van der Waals surface area contributed by atoms with E-state index >= 15 is 0 Å². The van der Waals surface area contributed by atoms with Crippen molar-refractivity contribution in [3.63, 3.8) is 0 Å². The molecule has 0 bridgehead atoms. The van der Waals surface area contributed by atoms with Gasteiger partial charge in [-0.15, -0.1) is 0 Å². The largest absolute Gasteiger partial charge is 0.508 e. The minimum Gasteiger partial charge on any atom is -0.508 e. The first kappa shape index (κ1) is 12.6. The number of anilines is 1. The number of hydrogen-bond acceptors (Lipinski definition) is 2. The van der Waals surface area contributed by atoms with Gasteiger partial charge in [-0.1, -0.05) is 22.0 Å². The lowest BCUT2D eigenvalue weighted by Crippen LogP contribution is -2.11. The van der Waals surface area contributed by atoms with Crippen LogP contribution in [-0.2, 0) is 0 Å². The summed E-state index contributed by atoms with van der Waals surface area (Å²) in [5, 5.41) is 12.1. The molecule has 0 aliphatic carbocycles. The Morgan fingerprint density at radius 1 is 1.22 bits per heavy atom. The number of benzene rings is 2. The van der Waals surface area contributed by atoms with Crippen LogP contribution >= 0.6 is 15.9 Å². The molecule has 0 unspecified atom stereocenters. The van der Waals surface area contributed by atoms with Gasteiger partial charge < -0.3 is 10.4 Å². The van der Waals surface area contributed by atoms with Gasteiger partial charge in [-0.25, -0.2) is 0 Å². The van der Waals surface area contributed by atoms with Crippen molar-refractivity contribution < 1.29 is 9.90 Å². The van der Waals surface area contributed by atoms with Gasteiger partial charge >= 0.3 is 0 Å². The van der Waals surface area contributed by atoms with Gasteiger partial charge in [0.1, 0.15) is 5.75 Å². The van der Waals surface area contributed by atoms with Crippen molar-refractivity contribution in [3.8, 4) is 5.75 Å². The average Bonchev–Trinajstić information content (AvgIpc) is 2.32. The normalized spacial score (nSPS) is 10.1. The van der Waals surface area contributed by atoms with Crippen LogP contribution in [0.5, 0.6) is 5.75 Å². The van der Waals surface area contributed by atoms with E-state index in [0.717, 1.165) is 10.0 Å². The van der Waals surface area contributed by atoms with Crippen molar-refractivity contribution in [2.75, 3.05) is 5.32 Å². The number of halogens is 1. The van der Waals surface area contributed by atoms with Gasteiger partial charge in [0.15, 0.2) is 0 Å². The summed E-state index contributed by atoms with van der Waals surface area (Å²) in [4.78, 5) is 12.0. The van der Waals surface area contributed by atoms with E-state index in [9.17, 15) is 9.90 Å². The summed E-state index contributed by atoms with van der Waals surface area (Å²) in [5.74, 6) is -0.0732. The molecule has 18 heavy (non-hydrogen) atoms. The molecule has 0 aromatic heterocycles. The van der Waals surface area contributed by atoms with Crippen LogP contribution in [0, 0.1) is 6.92 Å². The zero-order valence-electron chi connectivity index (χ0n) is 9.77. The van der Waals surface area contributed by atoms with Crippen molar-refractivity contribution in [3.05, 3.63) is 58.1 Å². The highest BCUT2D eigenvalue weighted by atomic mass is 79.9. The van der Waals surface area contributed by atoms with Gasteiger partial charge in [0, 0.05) is 21.8 Å². The van der Waals surface area contributed by atoms with Crippen molar-refractivity contribution in [2.24, 2.45) is 0 Å². The molecule has 0 saturated heterocycles. The zero-order chi connectivity index (χ0) is 13.1. The van der Waals surface area contributed by atoms with Gasteiger partial charge in [0.25, 0.3) is 5.91 Å². The van der Waals surface area contributed by atoms with E-state index in [-0.39, 0.29) is 11.7 Å². The van der Waals surface area contributed by atoms with Crippen LogP contribution in [0.1, 0.15) is 15.9 Å². The first-order valence-corrected chi connectivity index (χ1v) is 6.22. The molecule has 0 aliphatic heterocycles. The quantitative estimate of drug-likeness (QED) is 0.888. The molecule has 0 heterocycles. The topological polar surface area (TPSA) is 49.3 Å². The highest BCUT2D eigenvalue weighted by Gasteiger charge is 2.07. The number of phenols is 1. The highest BCUT2D eigenvalue weighted by Crippen LogP contribution is 2.19. The molecular formula is C14H12BrNO2. The number of hydrogen-bond donors (Lipinski definition) is 2. The van der Waals surface area contributed by atoms with E-state index in [1.54, 1.807) is 24.3 Å². The molecule has 3 nitrogen and oxygen atoms in total. The molecule has 2 aromatic rings. The lowest BCUT2D eigenvalue weighted by Gasteiger charge is -2.07. The lowest BCUT2D eigenvalue weighted by atomic mass is 10.1. The van der Waals surface area contributed by atoms with Crippen molar-refractivity contribution in [2.45, 2.75) is 6.92 Å². The number of aromatic hydroxyl groups is 1. The van der Waals surface area contributed by atoms with Crippen LogP contribution in [0.3, 0.4) is 0 Å². The summed E-state index contributed by atoms with van der Waals surface area (Å²) < 4.78 is 0.969. The van der Waals surface area contributed by atoms with E-state index in [4.69, 9.17) is 0 Å². The third-order valence-electron chi connectivity index (χ3n) is 2.52. The third-order valence-corrected chi connectivity index (χ3v) is 3.41. The molecule has 0 aliphatic rings. The second-order valence-electron chi connectivity index (χ2n) is 3.97. The second-order valence-corrected chi connectivity index (χ2v) is 4.82. The Morgan fingerprint density at radius 2 is 2.00 bits per heavy atom. The van der Waals surface area contributed by atoms with Crippen molar-refractivity contribution >= 4 is 27.5 Å². The number of nitrogens with one attached hydrogen (secondary N) is 1. The zero-order valence-corrected chi connectivity index (χ0v) is 11.4. The van der Waals surface area contributed by atoms with E-state index in [0.29, 0.717) is 11.3 Å². The molecule has 0 saturated carbocycles. The Balaban J connectivity index is 2.19. The number of rotatable bonds is 2.